The number of allylic oxidation sites excluding steroid dienone is 6. The van der Waals surface area contributed by atoms with E-state index >= 15 is 0 Å². The van der Waals surface area contributed by atoms with E-state index in [2.05, 4.69) is 9.37 Å². The predicted octanol–water partition coefficient (Wildman–Crippen LogP) is 1.48. The van der Waals surface area contributed by atoms with Gasteiger partial charge in [-0.1, -0.05) is 11.6 Å². The molecule has 2 heterocycles. The zero-order valence-electron chi connectivity index (χ0n) is 29.3. The number of hydrogen-bond donors (Lipinski definition) is 2. The Labute approximate surface area is 317 Å². The van der Waals surface area contributed by atoms with Gasteiger partial charge >= 0.3 is 0 Å². The van der Waals surface area contributed by atoms with Crippen molar-refractivity contribution in [2.24, 2.45) is 0 Å². The summed E-state index contributed by atoms with van der Waals surface area (Å²) in [6, 6.07) is 9.11. The lowest BCUT2D eigenvalue weighted by Gasteiger charge is -2.29. The summed E-state index contributed by atoms with van der Waals surface area (Å²) in [5.74, 6) is -2.03. The molecule has 1 saturated carbocycles. The lowest BCUT2D eigenvalue weighted by Crippen LogP contribution is -2.36. The Morgan fingerprint density at radius 2 is 1.61 bits per heavy atom. The summed E-state index contributed by atoms with van der Waals surface area (Å²) in [6.07, 6.45) is 2.95. The highest BCUT2D eigenvalue weighted by atomic mass is 32.2. The molecular formula is C34H37N2O14S4-3. The highest BCUT2D eigenvalue weighted by molar-refractivity contribution is 7.94. The predicted molar refractivity (Wildman–Crippen MR) is 189 cm³/mol. The number of aliphatic hydroxyl groups excluding tert-OH is 2. The number of nitrogens with zero attached hydrogens (tertiary/aromatic N) is 2. The number of anilines is 1. The van der Waals surface area contributed by atoms with E-state index in [4.69, 9.17) is 0 Å². The maximum Gasteiger partial charge on any atom is 0.209 e. The fourth-order valence-corrected chi connectivity index (χ4v) is 10.6. The number of β-amino-alcohol motifs (C(OH)–C–C–N with tert-alkyl or cyclic N) is 2. The van der Waals surface area contributed by atoms with E-state index in [1.54, 1.807) is 21.6 Å². The second-order valence-electron chi connectivity index (χ2n) is 14.5. The normalized spacial score (nSPS) is 24.6. The molecule has 16 nitrogen and oxygen atoms in total. The van der Waals surface area contributed by atoms with Gasteiger partial charge in [0.1, 0.15) is 16.2 Å². The van der Waals surface area contributed by atoms with E-state index in [0.717, 1.165) is 34.1 Å². The van der Waals surface area contributed by atoms with Gasteiger partial charge in [0.2, 0.25) is 5.69 Å². The van der Waals surface area contributed by atoms with Crippen LogP contribution in [0.4, 0.5) is 11.4 Å². The number of benzene rings is 2. The molecule has 4 unspecified atom stereocenters. The largest absolute Gasteiger partial charge is 0.748 e. The molecule has 0 saturated heterocycles. The molecular weight excluding hydrogens is 789 g/mol. The van der Waals surface area contributed by atoms with Gasteiger partial charge in [0.15, 0.2) is 12.3 Å². The summed E-state index contributed by atoms with van der Waals surface area (Å²) in [7, 11) is -14.3. The van der Waals surface area contributed by atoms with Crippen molar-refractivity contribution in [2.45, 2.75) is 79.3 Å². The molecule has 0 spiro atoms. The summed E-state index contributed by atoms with van der Waals surface area (Å²) in [6.45, 7) is 5.24. The fourth-order valence-electron chi connectivity index (χ4n) is 8.55. The van der Waals surface area contributed by atoms with Crippen molar-refractivity contribution >= 4 is 59.5 Å². The molecule has 2 N–H and O–H groups in total. The standard InChI is InChI=1S/C34H40N2O14S4/c1-20(12-21-8-10-33(2)27-14-25(51-50-49-39)4-6-29(27)35(31(21)33)16-23(37)18-52(40,41)42)13-22-9-11-34(3)28-15-26(54(46,47)48)5-7-30(28)36(32(22)34)17-24(38)19-53(43,44)45/h4-7,12-15,23-24,37-38H,8-11,16-19H2,1-3H3,(H3-,39,40,41,42,43,44,45,46,47,48)/p-3. The lowest BCUT2D eigenvalue weighted by atomic mass is 9.80. The molecule has 2 aliphatic carbocycles. The van der Waals surface area contributed by atoms with Crippen molar-refractivity contribution in [3.63, 3.8) is 0 Å². The van der Waals surface area contributed by atoms with E-state index in [1.807, 2.05) is 39.0 Å². The third-order valence-corrected chi connectivity index (χ3v) is 13.5. The zero-order valence-corrected chi connectivity index (χ0v) is 32.5. The summed E-state index contributed by atoms with van der Waals surface area (Å²) in [5.41, 5.74) is 4.90. The first-order valence-corrected chi connectivity index (χ1v) is 22.0. The van der Waals surface area contributed by atoms with E-state index < -0.39 is 69.8 Å². The SMILES string of the molecule is CC(=C\C1=C2N(CC(O)CS(=O)(=O)[O-])c3ccc(S(=O)(=O)[O-])cc3C2(C)CC1)/C=C1\CCC2(C)C1=[N+](CC(O)CS(=O)(=O)[O-])c1ccc(SOO[O-])cc12. The average molecular weight is 826 g/mol. The van der Waals surface area contributed by atoms with Crippen LogP contribution in [0.3, 0.4) is 0 Å². The van der Waals surface area contributed by atoms with Gasteiger partial charge in [-0.2, -0.15) is 8.91 Å². The van der Waals surface area contributed by atoms with Crippen LogP contribution < -0.4 is 10.2 Å². The Morgan fingerprint density at radius 1 is 0.944 bits per heavy atom. The average Bonchev–Trinajstić information content (AvgIpc) is 3.69. The van der Waals surface area contributed by atoms with E-state index in [1.165, 1.54) is 12.1 Å². The topological polar surface area (TPSA) is 260 Å². The minimum absolute atomic E-state index is 0.199. The van der Waals surface area contributed by atoms with Crippen LogP contribution in [-0.2, 0) is 50.6 Å². The zero-order chi connectivity index (χ0) is 39.6. The first-order valence-electron chi connectivity index (χ1n) is 16.7. The van der Waals surface area contributed by atoms with Crippen LogP contribution in [0.5, 0.6) is 0 Å². The number of rotatable bonds is 14. The highest BCUT2D eigenvalue weighted by Crippen LogP contribution is 2.57. The molecule has 0 bridgehead atoms. The molecule has 0 radical (unpaired) electrons. The van der Waals surface area contributed by atoms with Crippen molar-refractivity contribution in [1.82, 2.24) is 0 Å². The second kappa shape index (κ2) is 14.5. The van der Waals surface area contributed by atoms with Gasteiger partial charge in [-0.3, -0.25) is 5.04 Å². The molecule has 2 aliphatic heterocycles. The van der Waals surface area contributed by atoms with Crippen LogP contribution in [0.15, 0.2) is 80.8 Å². The molecule has 4 aliphatic rings. The quantitative estimate of drug-likeness (QED) is 0.0899. The van der Waals surface area contributed by atoms with Crippen LogP contribution in [-0.4, -0.2) is 96.2 Å². The van der Waals surface area contributed by atoms with Crippen LogP contribution >= 0.6 is 12.0 Å². The van der Waals surface area contributed by atoms with Gasteiger partial charge in [-0.05, 0) is 94.0 Å². The molecule has 2 aromatic carbocycles. The van der Waals surface area contributed by atoms with Crippen LogP contribution in [0, 0.1) is 0 Å². The van der Waals surface area contributed by atoms with Crippen molar-refractivity contribution in [2.75, 3.05) is 29.5 Å². The molecule has 294 valence electrons. The molecule has 2 aromatic rings. The summed E-state index contributed by atoms with van der Waals surface area (Å²) in [5, 5.41) is 35.4. The van der Waals surface area contributed by atoms with Gasteiger partial charge in [0.05, 0.1) is 60.2 Å². The molecule has 0 aromatic heterocycles. The van der Waals surface area contributed by atoms with Crippen molar-refractivity contribution in [3.8, 4) is 0 Å². The molecule has 20 heteroatoms. The molecule has 4 atom stereocenters. The van der Waals surface area contributed by atoms with Gasteiger partial charge in [-0.25, -0.2) is 25.3 Å². The Morgan fingerprint density at radius 3 is 2.26 bits per heavy atom. The molecule has 6 rings (SSSR count). The smallest absolute Gasteiger partial charge is 0.209 e. The number of aliphatic hydroxyl groups is 2. The Hall–Kier alpha value is -2.99. The van der Waals surface area contributed by atoms with E-state index in [-0.39, 0.29) is 13.1 Å². The minimum Gasteiger partial charge on any atom is -0.748 e. The Bertz CT molecular complexity index is 2350. The summed E-state index contributed by atoms with van der Waals surface area (Å²) >= 11 is 0.711. The van der Waals surface area contributed by atoms with Crippen molar-refractivity contribution in [1.29, 1.82) is 0 Å². The molecule has 1 fully saturated rings. The third-order valence-electron chi connectivity index (χ3n) is 10.5. The van der Waals surface area contributed by atoms with E-state index in [9.17, 15) is 54.4 Å². The van der Waals surface area contributed by atoms with E-state index in [0.29, 0.717) is 65.3 Å². The highest BCUT2D eigenvalue weighted by Gasteiger charge is 2.54. The molecule has 0 amide bonds. The monoisotopic (exact) mass is 825 g/mol. The fraction of sp³-hybridized carbons (Fsp3) is 0.441. The summed E-state index contributed by atoms with van der Waals surface area (Å²) in [4.78, 5) is 1.79. The number of hydrogen-bond acceptors (Lipinski definition) is 16. The van der Waals surface area contributed by atoms with Gasteiger partial charge in [0.25, 0.3) is 0 Å². The van der Waals surface area contributed by atoms with Crippen LogP contribution in [0.25, 0.3) is 0 Å². The maximum absolute atomic E-state index is 12.0. The summed E-state index contributed by atoms with van der Waals surface area (Å²) < 4.78 is 111. The Balaban J connectivity index is 1.43. The minimum atomic E-state index is -4.82. The molecule has 54 heavy (non-hydrogen) atoms. The maximum atomic E-state index is 12.0. The first kappa shape index (κ1) is 40.7. The lowest BCUT2D eigenvalue weighted by molar-refractivity contribution is -0.777. The van der Waals surface area contributed by atoms with Crippen LogP contribution in [0.2, 0.25) is 0 Å². The third kappa shape index (κ3) is 7.98. The van der Waals surface area contributed by atoms with Gasteiger partial charge in [-0.15, -0.1) is 0 Å². The number of fused-ring (bicyclic) bond motifs is 6. The van der Waals surface area contributed by atoms with Crippen LogP contribution in [0.1, 0.15) is 57.6 Å². The van der Waals surface area contributed by atoms with Gasteiger partial charge < -0.3 is 34.0 Å². The van der Waals surface area contributed by atoms with Crippen molar-refractivity contribution in [3.05, 3.63) is 82.1 Å². The Kier molecular flexibility index (Phi) is 10.9. The second-order valence-corrected chi connectivity index (χ2v) is 19.5. The first-order chi connectivity index (χ1) is 25.0. The van der Waals surface area contributed by atoms with Gasteiger partial charge in [0, 0.05) is 45.4 Å². The van der Waals surface area contributed by atoms with Crippen molar-refractivity contribution < 1.29 is 68.3 Å².